The average molecular weight is 286 g/mol. The van der Waals surface area contributed by atoms with Gasteiger partial charge in [0.15, 0.2) is 0 Å². The van der Waals surface area contributed by atoms with Gasteiger partial charge in [-0.1, -0.05) is 36.4 Å². The van der Waals surface area contributed by atoms with Crippen molar-refractivity contribution in [3.63, 3.8) is 0 Å². The van der Waals surface area contributed by atoms with E-state index in [0.29, 0.717) is 0 Å². The van der Waals surface area contributed by atoms with E-state index in [1.54, 1.807) is 0 Å². The Hall–Kier alpha value is -0.353. The van der Waals surface area contributed by atoms with Gasteiger partial charge in [0.05, 0.1) is 0 Å². The van der Waals surface area contributed by atoms with Gasteiger partial charge in [0, 0.05) is 3.57 Å². The molecule has 0 saturated heterocycles. The summed E-state index contributed by atoms with van der Waals surface area (Å²) in [7, 11) is 0. The molecular formula is C10H11ISi. The van der Waals surface area contributed by atoms with Crippen molar-refractivity contribution in [3.8, 4) is 0 Å². The van der Waals surface area contributed by atoms with Gasteiger partial charge in [-0.15, -0.1) is 0 Å². The SMILES string of the molecule is Ic1cccc2ccccc12.[SiH4]. The molecule has 0 saturated carbocycles. The number of rotatable bonds is 0. The zero-order chi connectivity index (χ0) is 7.68. The Bertz CT molecular complexity index is 379. The minimum atomic E-state index is 0. The van der Waals surface area contributed by atoms with Crippen molar-refractivity contribution < 1.29 is 0 Å². The predicted molar refractivity (Wildman–Crippen MR) is 68.0 cm³/mol. The van der Waals surface area contributed by atoms with Crippen LogP contribution >= 0.6 is 22.6 Å². The molecule has 0 aliphatic rings. The summed E-state index contributed by atoms with van der Waals surface area (Å²) < 4.78 is 1.32. The number of fused-ring (bicyclic) bond motifs is 1. The maximum Gasteiger partial charge on any atom is 0.0208 e. The number of hydrogen-bond donors (Lipinski definition) is 0. The largest absolute Gasteiger partial charge is 0.0616 e. The van der Waals surface area contributed by atoms with Crippen molar-refractivity contribution in [1.29, 1.82) is 0 Å². The van der Waals surface area contributed by atoms with E-state index in [1.807, 2.05) is 0 Å². The molecule has 0 unspecified atom stereocenters. The molecule has 12 heavy (non-hydrogen) atoms. The fourth-order valence-corrected chi connectivity index (χ4v) is 1.88. The molecule has 2 heteroatoms. The Balaban J connectivity index is 0.000000720. The molecule has 2 rings (SSSR count). The molecule has 0 fully saturated rings. The summed E-state index contributed by atoms with van der Waals surface area (Å²) >= 11 is 2.36. The molecule has 0 atom stereocenters. The quantitative estimate of drug-likeness (QED) is 0.513. The third kappa shape index (κ3) is 1.69. The second-order valence-corrected chi connectivity index (χ2v) is 3.62. The fraction of sp³-hybridized carbons (Fsp3) is 0. The summed E-state index contributed by atoms with van der Waals surface area (Å²) in [5.41, 5.74) is 0. The lowest BCUT2D eigenvalue weighted by atomic mass is 10.1. The molecule has 0 aromatic heterocycles. The lowest BCUT2D eigenvalue weighted by Crippen LogP contribution is -1.74. The van der Waals surface area contributed by atoms with E-state index in [4.69, 9.17) is 0 Å². The summed E-state index contributed by atoms with van der Waals surface area (Å²) in [6, 6.07) is 14.8. The lowest BCUT2D eigenvalue weighted by molar-refractivity contribution is 1.71. The third-order valence-corrected chi connectivity index (χ3v) is 2.68. The van der Waals surface area contributed by atoms with Crippen LogP contribution < -0.4 is 0 Å². The molecule has 0 amide bonds. The van der Waals surface area contributed by atoms with Crippen molar-refractivity contribution in [1.82, 2.24) is 0 Å². The molecule has 0 bridgehead atoms. The van der Waals surface area contributed by atoms with E-state index in [0.717, 1.165) is 0 Å². The minimum Gasteiger partial charge on any atom is -0.0616 e. The van der Waals surface area contributed by atoms with Crippen LogP contribution in [0.3, 0.4) is 0 Å². The van der Waals surface area contributed by atoms with E-state index < -0.39 is 0 Å². The standard InChI is InChI=1S/C10H7I.H4Si/c11-10-7-3-5-8-4-1-2-6-9(8)10;/h1-7H;1H4. The summed E-state index contributed by atoms with van der Waals surface area (Å²) in [5, 5.41) is 2.66. The van der Waals surface area contributed by atoms with Crippen molar-refractivity contribution in [2.24, 2.45) is 0 Å². The summed E-state index contributed by atoms with van der Waals surface area (Å²) in [6.07, 6.45) is 0. The molecule has 0 N–H and O–H groups in total. The normalized spacial score (nSPS) is 9.42. The van der Waals surface area contributed by atoms with Crippen molar-refractivity contribution in [2.45, 2.75) is 0 Å². The second-order valence-electron chi connectivity index (χ2n) is 2.46. The minimum absolute atomic E-state index is 0. The zero-order valence-corrected chi connectivity index (χ0v) is 8.08. The van der Waals surface area contributed by atoms with Gasteiger partial charge in [0.2, 0.25) is 0 Å². The van der Waals surface area contributed by atoms with Crippen LogP contribution in [0.4, 0.5) is 0 Å². The Morgan fingerprint density at radius 3 is 2.25 bits per heavy atom. The first-order valence-electron chi connectivity index (χ1n) is 3.51. The van der Waals surface area contributed by atoms with Crippen LogP contribution in [0.1, 0.15) is 0 Å². The number of halogens is 1. The van der Waals surface area contributed by atoms with Crippen LogP contribution in [-0.4, -0.2) is 11.0 Å². The van der Waals surface area contributed by atoms with E-state index in [1.165, 1.54) is 14.3 Å². The average Bonchev–Trinajstić information content (AvgIpc) is 2.06. The van der Waals surface area contributed by atoms with E-state index in [-0.39, 0.29) is 11.0 Å². The predicted octanol–water partition coefficient (Wildman–Crippen LogP) is 1.99. The molecule has 2 aromatic carbocycles. The monoisotopic (exact) mass is 286 g/mol. The molecule has 0 heterocycles. The first kappa shape index (κ1) is 9.73. The summed E-state index contributed by atoms with van der Waals surface area (Å²) in [6.45, 7) is 0. The van der Waals surface area contributed by atoms with Crippen LogP contribution in [0.2, 0.25) is 0 Å². The van der Waals surface area contributed by atoms with Crippen LogP contribution in [0, 0.1) is 3.57 Å². The Kier molecular flexibility index (Phi) is 3.28. The molecule has 0 aliphatic carbocycles. The first-order valence-corrected chi connectivity index (χ1v) is 4.59. The van der Waals surface area contributed by atoms with Gasteiger partial charge < -0.3 is 0 Å². The Morgan fingerprint density at radius 1 is 0.833 bits per heavy atom. The summed E-state index contributed by atoms with van der Waals surface area (Å²) in [5.74, 6) is 0. The van der Waals surface area contributed by atoms with Gasteiger partial charge in [-0.05, 0) is 50.4 Å². The molecule has 0 nitrogen and oxygen atoms in total. The molecule has 0 aliphatic heterocycles. The van der Waals surface area contributed by atoms with Gasteiger partial charge in [-0.3, -0.25) is 0 Å². The van der Waals surface area contributed by atoms with Crippen LogP contribution in [-0.2, 0) is 0 Å². The van der Waals surface area contributed by atoms with Crippen LogP contribution in [0.25, 0.3) is 10.8 Å². The van der Waals surface area contributed by atoms with E-state index >= 15 is 0 Å². The van der Waals surface area contributed by atoms with Gasteiger partial charge in [0.1, 0.15) is 0 Å². The Labute approximate surface area is 90.1 Å². The fourth-order valence-electron chi connectivity index (χ4n) is 1.19. The number of hydrogen-bond acceptors (Lipinski definition) is 0. The maximum absolute atomic E-state index is 2.36. The van der Waals surface area contributed by atoms with Crippen LogP contribution in [0.15, 0.2) is 42.5 Å². The lowest BCUT2D eigenvalue weighted by Gasteiger charge is -1.97. The van der Waals surface area contributed by atoms with Gasteiger partial charge in [-0.2, -0.15) is 0 Å². The summed E-state index contributed by atoms with van der Waals surface area (Å²) in [4.78, 5) is 0. The van der Waals surface area contributed by atoms with Gasteiger partial charge >= 0.3 is 0 Å². The topological polar surface area (TPSA) is 0 Å². The highest BCUT2D eigenvalue weighted by atomic mass is 127. The molecule has 0 spiro atoms. The molecule has 0 radical (unpaired) electrons. The van der Waals surface area contributed by atoms with Crippen molar-refractivity contribution >= 4 is 44.3 Å². The van der Waals surface area contributed by atoms with Crippen molar-refractivity contribution in [3.05, 3.63) is 46.0 Å². The van der Waals surface area contributed by atoms with Crippen LogP contribution in [0.5, 0.6) is 0 Å². The van der Waals surface area contributed by atoms with Gasteiger partial charge in [-0.25, -0.2) is 0 Å². The molecule has 62 valence electrons. The first-order chi connectivity index (χ1) is 5.38. The van der Waals surface area contributed by atoms with E-state index in [2.05, 4.69) is 65.1 Å². The van der Waals surface area contributed by atoms with Gasteiger partial charge in [0.25, 0.3) is 0 Å². The number of benzene rings is 2. The second kappa shape index (κ2) is 4.05. The highest BCUT2D eigenvalue weighted by molar-refractivity contribution is 14.1. The molecular weight excluding hydrogens is 275 g/mol. The zero-order valence-electron chi connectivity index (χ0n) is 5.92. The third-order valence-electron chi connectivity index (χ3n) is 1.74. The highest BCUT2D eigenvalue weighted by Crippen LogP contribution is 2.19. The smallest absolute Gasteiger partial charge is 0.0208 e. The van der Waals surface area contributed by atoms with E-state index in [9.17, 15) is 0 Å². The molecule has 2 aromatic rings. The highest BCUT2D eigenvalue weighted by Gasteiger charge is 1.93. The van der Waals surface area contributed by atoms with Crippen molar-refractivity contribution in [2.75, 3.05) is 0 Å². The maximum atomic E-state index is 2.36. The Morgan fingerprint density at radius 2 is 1.50 bits per heavy atom.